The predicted octanol–water partition coefficient (Wildman–Crippen LogP) is 5.85. The largest absolute Gasteiger partial charge is 0.298 e. The predicted molar refractivity (Wildman–Crippen MR) is 122 cm³/mol. The van der Waals surface area contributed by atoms with Crippen LogP contribution in [0.4, 0.5) is 5.13 Å². The number of thiazole rings is 1. The normalized spacial score (nSPS) is 10.9. The van der Waals surface area contributed by atoms with Crippen molar-refractivity contribution in [3.8, 4) is 0 Å². The van der Waals surface area contributed by atoms with Crippen molar-refractivity contribution in [3.63, 3.8) is 0 Å². The molecule has 4 aromatic rings. The molecule has 0 saturated heterocycles. The van der Waals surface area contributed by atoms with Crippen molar-refractivity contribution in [1.82, 2.24) is 14.8 Å². The zero-order valence-corrected chi connectivity index (χ0v) is 18.4. The maximum absolute atomic E-state index is 12.8. The van der Waals surface area contributed by atoms with E-state index in [9.17, 15) is 4.79 Å². The third-order valence-electron chi connectivity index (χ3n) is 4.56. The molecule has 2 aromatic carbocycles. The van der Waals surface area contributed by atoms with E-state index in [1.165, 1.54) is 11.3 Å². The molecule has 0 saturated carbocycles. The molecule has 0 aliphatic rings. The summed E-state index contributed by atoms with van der Waals surface area (Å²) in [5.74, 6) is -0.324. The maximum atomic E-state index is 12.8. The SMILES string of the molecule is Cc1nn(Cc2ccccc2)c(Cl)c1C(=O)Nc1ncc(Cc2ccccc2Cl)s1. The molecular weight excluding hydrogens is 439 g/mol. The van der Waals surface area contributed by atoms with Gasteiger partial charge in [0, 0.05) is 22.5 Å². The quantitative estimate of drug-likeness (QED) is 0.395. The molecule has 8 heteroatoms. The van der Waals surface area contributed by atoms with Gasteiger partial charge in [-0.1, -0.05) is 71.7 Å². The smallest absolute Gasteiger partial charge is 0.262 e. The second-order valence-corrected chi connectivity index (χ2v) is 8.63. The van der Waals surface area contributed by atoms with E-state index in [2.05, 4.69) is 15.4 Å². The first-order valence-corrected chi connectivity index (χ1v) is 10.8. The summed E-state index contributed by atoms with van der Waals surface area (Å²) in [6.45, 7) is 2.26. The van der Waals surface area contributed by atoms with Crippen LogP contribution in [-0.4, -0.2) is 20.7 Å². The lowest BCUT2D eigenvalue weighted by Gasteiger charge is -2.04. The number of hydrogen-bond donors (Lipinski definition) is 1. The molecule has 5 nitrogen and oxygen atoms in total. The number of aromatic nitrogens is 3. The Labute approximate surface area is 188 Å². The lowest BCUT2D eigenvalue weighted by Crippen LogP contribution is -2.13. The van der Waals surface area contributed by atoms with E-state index in [0.717, 1.165) is 16.0 Å². The molecule has 0 aliphatic carbocycles. The minimum atomic E-state index is -0.324. The Morgan fingerprint density at radius 2 is 1.83 bits per heavy atom. The lowest BCUT2D eigenvalue weighted by molar-refractivity contribution is 0.102. The van der Waals surface area contributed by atoms with Gasteiger partial charge in [-0.15, -0.1) is 11.3 Å². The van der Waals surface area contributed by atoms with E-state index in [-0.39, 0.29) is 5.91 Å². The van der Waals surface area contributed by atoms with Gasteiger partial charge in [0.1, 0.15) is 5.15 Å². The van der Waals surface area contributed by atoms with E-state index >= 15 is 0 Å². The number of halogens is 2. The number of aryl methyl sites for hydroxylation is 1. The summed E-state index contributed by atoms with van der Waals surface area (Å²) in [7, 11) is 0. The molecule has 0 atom stereocenters. The maximum Gasteiger partial charge on any atom is 0.262 e. The Hall–Kier alpha value is -2.67. The summed E-state index contributed by atoms with van der Waals surface area (Å²) >= 11 is 14.1. The summed E-state index contributed by atoms with van der Waals surface area (Å²) in [5.41, 5.74) is 3.00. The fraction of sp³-hybridized carbons (Fsp3) is 0.136. The summed E-state index contributed by atoms with van der Waals surface area (Å²) in [4.78, 5) is 18.2. The number of amides is 1. The van der Waals surface area contributed by atoms with E-state index in [0.29, 0.717) is 39.5 Å². The van der Waals surface area contributed by atoms with Gasteiger partial charge in [-0.25, -0.2) is 9.67 Å². The van der Waals surface area contributed by atoms with Crippen LogP contribution in [0.25, 0.3) is 0 Å². The summed E-state index contributed by atoms with van der Waals surface area (Å²) in [6.07, 6.45) is 2.40. The number of hydrogen-bond acceptors (Lipinski definition) is 4. The van der Waals surface area contributed by atoms with Crippen LogP contribution in [0.1, 0.15) is 32.1 Å². The third kappa shape index (κ3) is 4.56. The second kappa shape index (κ2) is 9.00. The highest BCUT2D eigenvalue weighted by Crippen LogP contribution is 2.27. The molecule has 1 amide bonds. The van der Waals surface area contributed by atoms with E-state index in [4.69, 9.17) is 23.2 Å². The monoisotopic (exact) mass is 456 g/mol. The number of rotatable bonds is 6. The molecule has 0 unspecified atom stereocenters. The van der Waals surface area contributed by atoms with E-state index in [1.54, 1.807) is 17.8 Å². The number of benzene rings is 2. The zero-order chi connectivity index (χ0) is 21.1. The molecule has 2 aromatic heterocycles. The number of carbonyl (C=O) groups is 1. The van der Waals surface area contributed by atoms with E-state index in [1.807, 2.05) is 54.6 Å². The molecule has 2 heterocycles. The molecule has 1 N–H and O–H groups in total. The van der Waals surface area contributed by atoms with Crippen molar-refractivity contribution >= 4 is 45.6 Å². The Kier molecular flexibility index (Phi) is 6.18. The average Bonchev–Trinajstić information content (AvgIpc) is 3.28. The van der Waals surface area contributed by atoms with Gasteiger partial charge in [0.05, 0.1) is 17.8 Å². The summed E-state index contributed by atoms with van der Waals surface area (Å²) in [6, 6.07) is 17.5. The molecule has 4 rings (SSSR count). The fourth-order valence-electron chi connectivity index (χ4n) is 3.11. The minimum absolute atomic E-state index is 0.307. The van der Waals surface area contributed by atoms with Crippen LogP contribution in [0.2, 0.25) is 10.2 Å². The van der Waals surface area contributed by atoms with Crippen molar-refractivity contribution in [1.29, 1.82) is 0 Å². The number of nitrogens with zero attached hydrogens (tertiary/aromatic N) is 3. The molecule has 0 bridgehead atoms. The molecular formula is C22H18Cl2N4OS. The molecule has 30 heavy (non-hydrogen) atoms. The van der Waals surface area contributed by atoms with Gasteiger partial charge in [-0.2, -0.15) is 5.10 Å². The van der Waals surface area contributed by atoms with Crippen LogP contribution < -0.4 is 5.32 Å². The van der Waals surface area contributed by atoms with Gasteiger partial charge in [-0.05, 0) is 24.1 Å². The highest BCUT2D eigenvalue weighted by molar-refractivity contribution is 7.15. The van der Waals surface area contributed by atoms with Gasteiger partial charge < -0.3 is 0 Å². The fourth-order valence-corrected chi connectivity index (χ4v) is 4.46. The van der Waals surface area contributed by atoms with Crippen LogP contribution in [0.15, 0.2) is 60.8 Å². The van der Waals surface area contributed by atoms with Gasteiger partial charge >= 0.3 is 0 Å². The molecule has 0 aliphatic heterocycles. The zero-order valence-electron chi connectivity index (χ0n) is 16.1. The molecule has 152 valence electrons. The Balaban J connectivity index is 1.48. The first kappa shape index (κ1) is 20.6. The number of carbonyl (C=O) groups excluding carboxylic acids is 1. The highest BCUT2D eigenvalue weighted by Gasteiger charge is 2.21. The Morgan fingerprint density at radius 3 is 2.60 bits per heavy atom. The second-order valence-electron chi connectivity index (χ2n) is 6.75. The van der Waals surface area contributed by atoms with Crippen LogP contribution in [0, 0.1) is 6.92 Å². The molecule has 0 fully saturated rings. The van der Waals surface area contributed by atoms with Crippen molar-refractivity contribution in [2.24, 2.45) is 0 Å². The van der Waals surface area contributed by atoms with Gasteiger partial charge in [0.15, 0.2) is 5.13 Å². The van der Waals surface area contributed by atoms with Crippen molar-refractivity contribution in [3.05, 3.63) is 98.2 Å². The molecule has 0 spiro atoms. The van der Waals surface area contributed by atoms with Gasteiger partial charge in [0.25, 0.3) is 5.91 Å². The number of nitrogens with one attached hydrogen (secondary N) is 1. The average molecular weight is 457 g/mol. The van der Waals surface area contributed by atoms with Crippen LogP contribution in [-0.2, 0) is 13.0 Å². The third-order valence-corrected chi connectivity index (χ3v) is 6.23. The highest BCUT2D eigenvalue weighted by atomic mass is 35.5. The van der Waals surface area contributed by atoms with Crippen molar-refractivity contribution < 1.29 is 4.79 Å². The Bertz CT molecular complexity index is 1190. The minimum Gasteiger partial charge on any atom is -0.298 e. The standard InChI is InChI=1S/C22H18Cl2N4OS/c1-14-19(20(24)28(27-14)13-15-7-3-2-4-8-15)21(29)26-22-25-12-17(30-22)11-16-9-5-6-10-18(16)23/h2-10,12H,11,13H2,1H3,(H,25,26,29). The Morgan fingerprint density at radius 1 is 1.10 bits per heavy atom. The molecule has 0 radical (unpaired) electrons. The number of anilines is 1. The van der Waals surface area contributed by atoms with Gasteiger partial charge in [0.2, 0.25) is 0 Å². The van der Waals surface area contributed by atoms with Crippen molar-refractivity contribution in [2.45, 2.75) is 19.9 Å². The summed E-state index contributed by atoms with van der Waals surface area (Å²) < 4.78 is 1.63. The summed E-state index contributed by atoms with van der Waals surface area (Å²) in [5, 5.41) is 8.79. The van der Waals surface area contributed by atoms with E-state index < -0.39 is 0 Å². The first-order chi connectivity index (χ1) is 14.5. The van der Waals surface area contributed by atoms with Crippen molar-refractivity contribution in [2.75, 3.05) is 5.32 Å². The van der Waals surface area contributed by atoms with Crippen LogP contribution in [0.3, 0.4) is 0 Å². The van der Waals surface area contributed by atoms with Gasteiger partial charge in [-0.3, -0.25) is 10.1 Å². The van der Waals surface area contributed by atoms with Crippen LogP contribution >= 0.6 is 34.5 Å². The first-order valence-electron chi connectivity index (χ1n) is 9.27. The lowest BCUT2D eigenvalue weighted by atomic mass is 10.1. The topological polar surface area (TPSA) is 59.8 Å². The van der Waals surface area contributed by atoms with Crippen LogP contribution in [0.5, 0.6) is 0 Å².